The van der Waals surface area contributed by atoms with Crippen molar-refractivity contribution in [3.8, 4) is 0 Å². The molecule has 0 aliphatic heterocycles. The summed E-state index contributed by atoms with van der Waals surface area (Å²) in [5.41, 5.74) is 2.43. The zero-order valence-electron chi connectivity index (χ0n) is 12.7. The maximum atomic E-state index is 11.6. The van der Waals surface area contributed by atoms with Gasteiger partial charge in [-0.3, -0.25) is 4.98 Å². The van der Waals surface area contributed by atoms with Gasteiger partial charge in [0.25, 0.3) is 0 Å². The Labute approximate surface area is 139 Å². The topological polar surface area (TPSA) is 51.2 Å². The van der Waals surface area contributed by atoms with Gasteiger partial charge in [0.05, 0.1) is 22.6 Å². The van der Waals surface area contributed by atoms with Crippen LogP contribution in [0.25, 0.3) is 10.9 Å². The van der Waals surface area contributed by atoms with Crippen LogP contribution < -0.4 is 4.72 Å². The minimum atomic E-state index is -0.301. The fourth-order valence-corrected chi connectivity index (χ4v) is 2.94. The minimum absolute atomic E-state index is 0.301. The first-order valence-electron chi connectivity index (χ1n) is 7.31. The number of aromatic nitrogens is 1. The molecule has 0 radical (unpaired) electrons. The summed E-state index contributed by atoms with van der Waals surface area (Å²) >= 11 is 1.50. The summed E-state index contributed by atoms with van der Waals surface area (Å²) in [4.78, 5) is 17.1. The predicted octanol–water partition coefficient (Wildman–Crippen LogP) is 4.53. The maximum absolute atomic E-state index is 11.6. The van der Waals surface area contributed by atoms with E-state index < -0.39 is 0 Å². The number of anilines is 1. The highest BCUT2D eigenvalue weighted by atomic mass is 32.2. The van der Waals surface area contributed by atoms with E-state index >= 15 is 0 Å². The molecule has 0 unspecified atom stereocenters. The number of hydrogen-bond acceptors (Lipinski definition) is 5. The Morgan fingerprint density at radius 1 is 1.13 bits per heavy atom. The van der Waals surface area contributed by atoms with E-state index in [0.717, 1.165) is 21.5 Å². The molecule has 0 aliphatic carbocycles. The van der Waals surface area contributed by atoms with E-state index in [0.29, 0.717) is 12.2 Å². The molecular formula is C18H16N2O2S. The van der Waals surface area contributed by atoms with Crippen molar-refractivity contribution in [3.63, 3.8) is 0 Å². The van der Waals surface area contributed by atoms with E-state index in [-0.39, 0.29) is 5.97 Å². The van der Waals surface area contributed by atoms with Crippen LogP contribution in [0.3, 0.4) is 0 Å². The van der Waals surface area contributed by atoms with Gasteiger partial charge in [-0.15, -0.1) is 0 Å². The van der Waals surface area contributed by atoms with Crippen molar-refractivity contribution >= 4 is 34.5 Å². The highest BCUT2D eigenvalue weighted by molar-refractivity contribution is 8.00. The van der Waals surface area contributed by atoms with E-state index in [9.17, 15) is 4.79 Å². The molecular weight excluding hydrogens is 308 g/mol. The van der Waals surface area contributed by atoms with Gasteiger partial charge in [0.15, 0.2) is 0 Å². The standard InChI is InChI=1S/C18H16N2O2S/c1-2-22-18(21)14-8-10-15(11-9-14)20-23-16-7-3-5-13-6-4-12-19-17(13)16/h3-12,20H,2H2,1H3. The Morgan fingerprint density at radius 3 is 2.70 bits per heavy atom. The Morgan fingerprint density at radius 2 is 1.91 bits per heavy atom. The lowest BCUT2D eigenvalue weighted by Gasteiger charge is -2.08. The molecule has 1 N–H and O–H groups in total. The van der Waals surface area contributed by atoms with E-state index in [2.05, 4.69) is 9.71 Å². The first-order valence-corrected chi connectivity index (χ1v) is 8.13. The lowest BCUT2D eigenvalue weighted by molar-refractivity contribution is 0.0526. The smallest absolute Gasteiger partial charge is 0.338 e. The summed E-state index contributed by atoms with van der Waals surface area (Å²) in [6.45, 7) is 2.17. The zero-order valence-corrected chi connectivity index (χ0v) is 13.5. The quantitative estimate of drug-likeness (QED) is 0.552. The average molecular weight is 324 g/mol. The predicted molar refractivity (Wildman–Crippen MR) is 93.6 cm³/mol. The molecule has 0 amide bonds. The molecule has 4 nitrogen and oxygen atoms in total. The SMILES string of the molecule is CCOC(=O)c1ccc(NSc2cccc3cccnc23)cc1. The fraction of sp³-hybridized carbons (Fsp3) is 0.111. The second-order valence-electron chi connectivity index (χ2n) is 4.83. The van der Waals surface area contributed by atoms with Crippen LogP contribution in [0.2, 0.25) is 0 Å². The van der Waals surface area contributed by atoms with Crippen molar-refractivity contribution in [2.24, 2.45) is 0 Å². The van der Waals surface area contributed by atoms with Crippen LogP contribution in [-0.4, -0.2) is 17.6 Å². The summed E-state index contributed by atoms with van der Waals surface area (Å²) < 4.78 is 8.25. The average Bonchev–Trinajstić information content (AvgIpc) is 2.60. The van der Waals surface area contributed by atoms with Crippen LogP contribution in [0.1, 0.15) is 17.3 Å². The number of esters is 1. The number of benzene rings is 2. The molecule has 2 aromatic carbocycles. The summed E-state index contributed by atoms with van der Waals surface area (Å²) in [5.74, 6) is -0.301. The lowest BCUT2D eigenvalue weighted by atomic mass is 10.2. The van der Waals surface area contributed by atoms with Crippen LogP contribution in [0.4, 0.5) is 5.69 Å². The van der Waals surface area contributed by atoms with Gasteiger partial charge in [-0.1, -0.05) is 18.2 Å². The highest BCUT2D eigenvalue weighted by Gasteiger charge is 2.06. The molecule has 3 aromatic rings. The van der Waals surface area contributed by atoms with Crippen molar-refractivity contribution < 1.29 is 9.53 Å². The monoisotopic (exact) mass is 324 g/mol. The fourth-order valence-electron chi connectivity index (χ4n) is 2.16. The van der Waals surface area contributed by atoms with Crippen LogP contribution >= 0.6 is 11.9 Å². The van der Waals surface area contributed by atoms with Gasteiger partial charge in [-0.05, 0) is 55.3 Å². The van der Waals surface area contributed by atoms with Gasteiger partial charge >= 0.3 is 5.97 Å². The van der Waals surface area contributed by atoms with Gasteiger partial charge in [0, 0.05) is 17.3 Å². The number of carbonyl (C=O) groups excluding carboxylic acids is 1. The molecule has 1 heterocycles. The molecule has 0 aliphatic rings. The molecule has 23 heavy (non-hydrogen) atoms. The van der Waals surface area contributed by atoms with Crippen LogP contribution in [-0.2, 0) is 4.74 Å². The van der Waals surface area contributed by atoms with Crippen molar-refractivity contribution in [1.29, 1.82) is 0 Å². The van der Waals surface area contributed by atoms with Crippen LogP contribution in [0, 0.1) is 0 Å². The first kappa shape index (κ1) is 15.4. The number of ether oxygens (including phenoxy) is 1. The largest absolute Gasteiger partial charge is 0.462 e. The normalized spacial score (nSPS) is 10.5. The number of hydrogen-bond donors (Lipinski definition) is 1. The van der Waals surface area contributed by atoms with Crippen LogP contribution in [0.15, 0.2) is 65.7 Å². The third kappa shape index (κ3) is 3.63. The molecule has 0 spiro atoms. The van der Waals surface area contributed by atoms with E-state index in [4.69, 9.17) is 4.74 Å². The molecule has 0 atom stereocenters. The van der Waals surface area contributed by atoms with E-state index in [1.165, 1.54) is 11.9 Å². The molecule has 3 rings (SSSR count). The number of carbonyl (C=O) groups is 1. The molecule has 0 saturated carbocycles. The van der Waals surface area contributed by atoms with Gasteiger partial charge in [-0.25, -0.2) is 4.79 Å². The molecule has 5 heteroatoms. The molecule has 116 valence electrons. The van der Waals surface area contributed by atoms with E-state index in [1.54, 1.807) is 25.3 Å². The summed E-state index contributed by atoms with van der Waals surface area (Å²) in [6, 6.07) is 17.3. The Bertz CT molecular complexity index is 813. The highest BCUT2D eigenvalue weighted by Crippen LogP contribution is 2.27. The minimum Gasteiger partial charge on any atom is -0.462 e. The van der Waals surface area contributed by atoms with Crippen molar-refractivity contribution in [3.05, 3.63) is 66.4 Å². The number of pyridine rings is 1. The number of fused-ring (bicyclic) bond motifs is 1. The second kappa shape index (κ2) is 7.15. The van der Waals surface area contributed by atoms with Gasteiger partial charge in [0.2, 0.25) is 0 Å². The molecule has 0 bridgehead atoms. The lowest BCUT2D eigenvalue weighted by Crippen LogP contribution is -2.04. The van der Waals surface area contributed by atoms with Gasteiger partial charge in [0.1, 0.15) is 0 Å². The molecule has 1 aromatic heterocycles. The number of nitrogens with one attached hydrogen (secondary N) is 1. The summed E-state index contributed by atoms with van der Waals surface area (Å²) in [6.07, 6.45) is 1.79. The third-order valence-electron chi connectivity index (χ3n) is 3.27. The molecule has 0 saturated heterocycles. The summed E-state index contributed by atoms with van der Waals surface area (Å²) in [7, 11) is 0. The maximum Gasteiger partial charge on any atom is 0.338 e. The van der Waals surface area contributed by atoms with Crippen molar-refractivity contribution in [2.45, 2.75) is 11.8 Å². The number of rotatable bonds is 5. The van der Waals surface area contributed by atoms with Crippen molar-refractivity contribution in [2.75, 3.05) is 11.3 Å². The Balaban J connectivity index is 1.71. The van der Waals surface area contributed by atoms with Gasteiger partial charge < -0.3 is 9.46 Å². The van der Waals surface area contributed by atoms with Crippen LogP contribution in [0.5, 0.6) is 0 Å². The Hall–Kier alpha value is -2.53. The third-order valence-corrected chi connectivity index (χ3v) is 4.16. The summed E-state index contributed by atoms with van der Waals surface area (Å²) in [5, 5.41) is 1.11. The van der Waals surface area contributed by atoms with Crippen molar-refractivity contribution in [1.82, 2.24) is 4.98 Å². The number of para-hydroxylation sites is 1. The van der Waals surface area contributed by atoms with E-state index in [1.807, 2.05) is 42.5 Å². The molecule has 0 fully saturated rings. The van der Waals surface area contributed by atoms with Gasteiger partial charge in [-0.2, -0.15) is 0 Å². The Kier molecular flexibility index (Phi) is 4.78. The second-order valence-corrected chi connectivity index (χ2v) is 5.68. The number of nitrogens with zero attached hydrogens (tertiary/aromatic N) is 1. The zero-order chi connectivity index (χ0) is 16.1. The first-order chi connectivity index (χ1) is 11.3.